The molecule has 0 aliphatic heterocycles. The van der Waals surface area contributed by atoms with E-state index < -0.39 is 21.7 Å². The Labute approximate surface area is 98.6 Å². The third kappa shape index (κ3) is 4.53. The van der Waals surface area contributed by atoms with Crippen molar-refractivity contribution in [3.8, 4) is 6.07 Å². The first-order chi connectivity index (χ1) is 7.93. The van der Waals surface area contributed by atoms with Gasteiger partial charge in [0.05, 0.1) is 12.5 Å². The number of nitriles is 1. The maximum Gasteiger partial charge on any atom is 0.307 e. The van der Waals surface area contributed by atoms with Crippen LogP contribution in [0.3, 0.4) is 0 Å². The Morgan fingerprint density at radius 2 is 1.94 bits per heavy atom. The third-order valence-electron chi connectivity index (χ3n) is 1.84. The highest BCUT2D eigenvalue weighted by Gasteiger charge is 2.09. The van der Waals surface area contributed by atoms with Crippen molar-refractivity contribution in [2.75, 3.05) is 10.5 Å². The SMILES string of the molecule is N#CCS(=O)(=O)Nc1ccc(CC(=O)O)cc1. The molecule has 17 heavy (non-hydrogen) atoms. The van der Waals surface area contributed by atoms with Crippen molar-refractivity contribution in [1.82, 2.24) is 0 Å². The van der Waals surface area contributed by atoms with Crippen molar-refractivity contribution >= 4 is 21.7 Å². The molecule has 1 aromatic rings. The normalized spacial score (nSPS) is 10.5. The van der Waals surface area contributed by atoms with Gasteiger partial charge in [0.1, 0.15) is 0 Å². The Balaban J connectivity index is 2.76. The zero-order valence-corrected chi connectivity index (χ0v) is 9.57. The number of benzene rings is 1. The lowest BCUT2D eigenvalue weighted by Gasteiger charge is -2.05. The minimum Gasteiger partial charge on any atom is -0.481 e. The van der Waals surface area contributed by atoms with Crippen LogP contribution in [0.1, 0.15) is 5.56 Å². The topological polar surface area (TPSA) is 107 Å². The van der Waals surface area contributed by atoms with Crippen molar-refractivity contribution in [1.29, 1.82) is 5.26 Å². The van der Waals surface area contributed by atoms with Crippen LogP contribution in [-0.4, -0.2) is 25.2 Å². The van der Waals surface area contributed by atoms with Gasteiger partial charge in [0.25, 0.3) is 0 Å². The van der Waals surface area contributed by atoms with Crippen LogP contribution in [-0.2, 0) is 21.2 Å². The fourth-order valence-corrected chi connectivity index (χ4v) is 1.90. The number of carbonyl (C=O) groups is 1. The first-order valence-electron chi connectivity index (χ1n) is 4.61. The van der Waals surface area contributed by atoms with Gasteiger partial charge in [0, 0.05) is 5.69 Å². The van der Waals surface area contributed by atoms with E-state index >= 15 is 0 Å². The van der Waals surface area contributed by atoms with Gasteiger partial charge >= 0.3 is 5.97 Å². The second-order valence-corrected chi connectivity index (χ2v) is 5.01. The van der Waals surface area contributed by atoms with Crippen LogP contribution in [0, 0.1) is 11.3 Å². The zero-order chi connectivity index (χ0) is 12.9. The van der Waals surface area contributed by atoms with Gasteiger partial charge in [-0.05, 0) is 17.7 Å². The molecule has 0 saturated carbocycles. The summed E-state index contributed by atoms with van der Waals surface area (Å²) in [5.74, 6) is -1.58. The van der Waals surface area contributed by atoms with Gasteiger partial charge in [0.15, 0.2) is 5.75 Å². The largest absolute Gasteiger partial charge is 0.481 e. The summed E-state index contributed by atoms with van der Waals surface area (Å²) in [4.78, 5) is 10.4. The van der Waals surface area contributed by atoms with E-state index in [1.165, 1.54) is 30.3 Å². The van der Waals surface area contributed by atoms with E-state index in [0.29, 0.717) is 11.3 Å². The zero-order valence-electron chi connectivity index (χ0n) is 8.75. The van der Waals surface area contributed by atoms with E-state index in [4.69, 9.17) is 10.4 Å². The summed E-state index contributed by atoms with van der Waals surface area (Å²) >= 11 is 0. The Kier molecular flexibility index (Phi) is 4.06. The number of carboxylic acids is 1. The molecule has 0 atom stereocenters. The molecule has 0 aromatic heterocycles. The quantitative estimate of drug-likeness (QED) is 0.799. The fraction of sp³-hybridized carbons (Fsp3) is 0.200. The van der Waals surface area contributed by atoms with Crippen molar-refractivity contribution in [2.45, 2.75) is 6.42 Å². The number of nitrogens with one attached hydrogen (secondary N) is 1. The van der Waals surface area contributed by atoms with E-state index in [-0.39, 0.29) is 6.42 Å². The highest BCUT2D eigenvalue weighted by Crippen LogP contribution is 2.11. The van der Waals surface area contributed by atoms with Crippen molar-refractivity contribution in [3.63, 3.8) is 0 Å². The number of sulfonamides is 1. The van der Waals surface area contributed by atoms with Gasteiger partial charge in [-0.25, -0.2) is 8.42 Å². The van der Waals surface area contributed by atoms with Crippen LogP contribution in [0.25, 0.3) is 0 Å². The third-order valence-corrected chi connectivity index (χ3v) is 2.89. The number of hydrogen-bond acceptors (Lipinski definition) is 4. The number of anilines is 1. The minimum absolute atomic E-state index is 0.120. The lowest BCUT2D eigenvalue weighted by molar-refractivity contribution is -0.136. The smallest absolute Gasteiger partial charge is 0.307 e. The maximum absolute atomic E-state index is 11.2. The molecule has 0 radical (unpaired) electrons. The molecular formula is C10H10N2O4S. The average molecular weight is 254 g/mol. The summed E-state index contributed by atoms with van der Waals surface area (Å²) < 4.78 is 24.7. The first kappa shape index (κ1) is 13.0. The minimum atomic E-state index is -3.65. The van der Waals surface area contributed by atoms with E-state index in [1.807, 2.05) is 0 Å². The molecule has 7 heteroatoms. The van der Waals surface area contributed by atoms with Gasteiger partial charge in [-0.1, -0.05) is 12.1 Å². The predicted molar refractivity (Wildman–Crippen MR) is 60.8 cm³/mol. The second kappa shape index (κ2) is 5.32. The maximum atomic E-state index is 11.2. The van der Waals surface area contributed by atoms with Crippen LogP contribution >= 0.6 is 0 Å². The van der Waals surface area contributed by atoms with E-state index in [1.54, 1.807) is 0 Å². The standard InChI is InChI=1S/C10H10N2O4S/c11-5-6-17(15,16)12-9-3-1-8(2-4-9)7-10(13)14/h1-4,12H,6-7H2,(H,13,14). The number of rotatable bonds is 5. The van der Waals surface area contributed by atoms with Gasteiger partial charge in [0.2, 0.25) is 10.0 Å². The summed E-state index contributed by atoms with van der Waals surface area (Å²) in [5.41, 5.74) is 0.870. The molecule has 0 bridgehead atoms. The van der Waals surface area contributed by atoms with E-state index in [2.05, 4.69) is 4.72 Å². The Morgan fingerprint density at radius 1 is 1.35 bits per heavy atom. The molecule has 0 aliphatic carbocycles. The Morgan fingerprint density at radius 3 is 2.41 bits per heavy atom. The molecule has 0 aliphatic rings. The predicted octanol–water partition coefficient (Wildman–Crippen LogP) is 0.579. The molecule has 0 spiro atoms. The van der Waals surface area contributed by atoms with Crippen molar-refractivity contribution < 1.29 is 18.3 Å². The number of carboxylic acid groups (broad SMARTS) is 1. The molecule has 0 saturated heterocycles. The van der Waals surface area contributed by atoms with Gasteiger partial charge in [-0.3, -0.25) is 9.52 Å². The molecule has 0 heterocycles. The highest BCUT2D eigenvalue weighted by molar-refractivity contribution is 7.92. The molecule has 90 valence electrons. The monoisotopic (exact) mass is 254 g/mol. The lowest BCUT2D eigenvalue weighted by atomic mass is 10.1. The summed E-state index contributed by atoms with van der Waals surface area (Å²) in [6, 6.07) is 7.47. The summed E-state index contributed by atoms with van der Waals surface area (Å²) in [7, 11) is -3.65. The second-order valence-electron chi connectivity index (χ2n) is 3.29. The van der Waals surface area contributed by atoms with Crippen molar-refractivity contribution in [3.05, 3.63) is 29.8 Å². The molecule has 0 amide bonds. The number of hydrogen-bond donors (Lipinski definition) is 2. The van der Waals surface area contributed by atoms with Crippen LogP contribution < -0.4 is 4.72 Å². The Bertz CT molecular complexity index is 543. The molecule has 1 aromatic carbocycles. The molecule has 6 nitrogen and oxygen atoms in total. The molecule has 0 unspecified atom stereocenters. The first-order valence-corrected chi connectivity index (χ1v) is 6.26. The summed E-state index contributed by atoms with van der Waals surface area (Å²) in [6.45, 7) is 0. The van der Waals surface area contributed by atoms with Crippen molar-refractivity contribution in [2.24, 2.45) is 0 Å². The fourth-order valence-electron chi connectivity index (χ4n) is 1.17. The van der Waals surface area contributed by atoms with Crippen LogP contribution in [0.15, 0.2) is 24.3 Å². The van der Waals surface area contributed by atoms with Gasteiger partial charge < -0.3 is 5.11 Å². The van der Waals surface area contributed by atoms with Crippen LogP contribution in [0.5, 0.6) is 0 Å². The molecule has 2 N–H and O–H groups in total. The molecular weight excluding hydrogens is 244 g/mol. The van der Waals surface area contributed by atoms with E-state index in [9.17, 15) is 13.2 Å². The average Bonchev–Trinajstić information content (AvgIpc) is 2.19. The van der Waals surface area contributed by atoms with Crippen LogP contribution in [0.4, 0.5) is 5.69 Å². The number of nitrogens with zero attached hydrogens (tertiary/aromatic N) is 1. The Hall–Kier alpha value is -2.07. The molecule has 1 rings (SSSR count). The van der Waals surface area contributed by atoms with Gasteiger partial charge in [-0.2, -0.15) is 5.26 Å². The van der Waals surface area contributed by atoms with Gasteiger partial charge in [-0.15, -0.1) is 0 Å². The highest BCUT2D eigenvalue weighted by atomic mass is 32.2. The summed E-state index contributed by atoms with van der Waals surface area (Å²) in [5, 5.41) is 16.8. The lowest BCUT2D eigenvalue weighted by Crippen LogP contribution is -2.15. The summed E-state index contributed by atoms with van der Waals surface area (Å²) in [6.07, 6.45) is -0.120. The van der Waals surface area contributed by atoms with E-state index in [0.717, 1.165) is 0 Å². The number of aliphatic carboxylic acids is 1. The molecule has 0 fully saturated rings. The van der Waals surface area contributed by atoms with Crippen LogP contribution in [0.2, 0.25) is 0 Å².